The third kappa shape index (κ3) is 74.9. The molecule has 0 bridgehead atoms. The number of rotatable bonds is 73. The molecule has 19 heteroatoms. The Labute approximate surface area is 629 Å². The van der Waals surface area contributed by atoms with Crippen molar-refractivity contribution in [2.24, 2.45) is 0 Å². The van der Waals surface area contributed by atoms with Crippen LogP contribution in [0.2, 0.25) is 0 Å². The zero-order valence-electron chi connectivity index (χ0n) is 64.6. The highest BCUT2D eigenvalue weighted by molar-refractivity contribution is 7.47. The van der Waals surface area contributed by atoms with E-state index in [1.807, 2.05) is 12.2 Å². The van der Waals surface area contributed by atoms with Crippen LogP contribution in [0.3, 0.4) is 0 Å². The monoisotopic (exact) mass is 1490 g/mol. The highest BCUT2D eigenvalue weighted by Crippen LogP contribution is 2.45. The zero-order chi connectivity index (χ0) is 76.0. The maximum atomic E-state index is 13.1. The second kappa shape index (κ2) is 75.9. The summed E-state index contributed by atoms with van der Waals surface area (Å²) < 4.78 is 68.5. The fraction of sp³-hybridized carbons (Fsp3) is 0.647. The minimum absolute atomic E-state index is 0.0309. The van der Waals surface area contributed by atoms with E-state index in [1.165, 1.54) is 64.2 Å². The molecule has 5 unspecified atom stereocenters. The van der Waals surface area contributed by atoms with E-state index >= 15 is 0 Å². The molecular formula is C85H140O17P2. The molecule has 0 aromatic rings. The van der Waals surface area contributed by atoms with E-state index in [4.69, 9.17) is 37.0 Å². The highest BCUT2D eigenvalue weighted by atomic mass is 31.2. The van der Waals surface area contributed by atoms with Crippen molar-refractivity contribution in [3.05, 3.63) is 158 Å². The fourth-order valence-corrected chi connectivity index (χ4v) is 11.6. The second-order valence-corrected chi connectivity index (χ2v) is 28.8. The topological polar surface area (TPSA) is 237 Å². The van der Waals surface area contributed by atoms with Crippen LogP contribution < -0.4 is 0 Å². The number of aliphatic hydroxyl groups excluding tert-OH is 1. The van der Waals surface area contributed by atoms with Crippen molar-refractivity contribution < 1.29 is 80.2 Å². The number of esters is 4. The Balaban J connectivity index is 5.47. The van der Waals surface area contributed by atoms with Gasteiger partial charge in [-0.2, -0.15) is 0 Å². The van der Waals surface area contributed by atoms with Crippen molar-refractivity contribution in [3.63, 3.8) is 0 Å². The summed E-state index contributed by atoms with van der Waals surface area (Å²) in [6, 6.07) is 0. The Bertz CT molecular complexity index is 2590. The van der Waals surface area contributed by atoms with E-state index in [1.54, 1.807) is 0 Å². The molecule has 0 saturated carbocycles. The predicted molar refractivity (Wildman–Crippen MR) is 427 cm³/mol. The largest absolute Gasteiger partial charge is 0.472 e. The molecule has 0 heterocycles. The molecule has 0 spiro atoms. The summed E-state index contributed by atoms with van der Waals surface area (Å²) in [7, 11) is -10.0. The number of aliphatic hydroxyl groups is 1. The van der Waals surface area contributed by atoms with Crippen LogP contribution in [0.5, 0.6) is 0 Å². The first kappa shape index (κ1) is 98.7. The van der Waals surface area contributed by atoms with Gasteiger partial charge in [0, 0.05) is 25.7 Å². The minimum Gasteiger partial charge on any atom is -0.462 e. The molecule has 17 nitrogen and oxygen atoms in total. The number of phosphoric acid groups is 2. The van der Waals surface area contributed by atoms with Gasteiger partial charge < -0.3 is 33.8 Å². The van der Waals surface area contributed by atoms with Crippen molar-refractivity contribution in [2.75, 3.05) is 39.6 Å². The molecule has 0 aliphatic heterocycles. The quantitative estimate of drug-likeness (QED) is 0.0169. The van der Waals surface area contributed by atoms with Crippen LogP contribution in [0.1, 0.15) is 297 Å². The molecule has 0 fully saturated rings. The van der Waals surface area contributed by atoms with Gasteiger partial charge >= 0.3 is 39.5 Å². The standard InChI is InChI=1S/C85H140O17P2/c1-5-9-13-17-21-25-29-33-37-39-43-45-49-53-57-61-65-69-82(87)95-75-80(101-84(89)71-67-63-59-55-51-47-41-35-31-27-23-19-15-11-7-3)77-99-103(91,92)97-73-79(86)74-98-104(93,94)100-78-81(102-85(90)72-68-64-60-56-52-48-42-36-32-28-24-20-16-12-8-4)76-96-83(88)70-66-62-58-54-50-46-44-40-38-34-30-26-22-18-14-10-6-2/h9-11,13-15,21-23,25-27,33-35,37-38,41,43-46,51,54-55,58,79-81,86H,5-8,12,16-20,24,28-32,36,39-40,42,47-50,52-53,56-57,59-78H2,1-4H3,(H,91,92)(H,93,94)/b13-9-,14-10-,15-11-,25-21-,26-22-,27-23-,37-33-,38-34-,41-35-,45-43-,46-44-,55-51-,58-54-. The third-order valence-corrected chi connectivity index (χ3v) is 17.9. The number of hydrogen-bond donors (Lipinski definition) is 3. The average Bonchev–Trinajstić information content (AvgIpc) is 0.937. The Morgan fingerprint density at radius 2 is 0.510 bits per heavy atom. The molecule has 0 radical (unpaired) electrons. The normalized spacial score (nSPS) is 14.7. The molecule has 0 aliphatic carbocycles. The van der Waals surface area contributed by atoms with Crippen LogP contribution in [0.25, 0.3) is 0 Å². The maximum absolute atomic E-state index is 13.1. The number of unbranched alkanes of at least 4 members (excludes halogenated alkanes) is 21. The van der Waals surface area contributed by atoms with Crippen molar-refractivity contribution in [3.8, 4) is 0 Å². The molecule has 0 aliphatic rings. The SMILES string of the molecule is CC/C=C\C/C=C\C/C=C\C/C=C\C/C=C\CCCC(=O)OCC(COP(=O)(O)OCC(O)COP(=O)(O)OCC(COC(=O)CCCCCC/C=C\C/C=C\C/C=C\C/C=C\CC)OC(=O)CCCC/C=C\C/C=C\C/C=C\C/C=C\CC)OC(=O)CCCCCCCCCCCCCCCCC. The lowest BCUT2D eigenvalue weighted by molar-refractivity contribution is -0.161. The van der Waals surface area contributed by atoms with Gasteiger partial charge in [-0.25, -0.2) is 9.13 Å². The lowest BCUT2D eigenvalue weighted by atomic mass is 10.0. The van der Waals surface area contributed by atoms with Gasteiger partial charge in [-0.05, 0) is 141 Å². The van der Waals surface area contributed by atoms with E-state index < -0.39 is 97.5 Å². The molecule has 104 heavy (non-hydrogen) atoms. The van der Waals surface area contributed by atoms with Gasteiger partial charge in [0.1, 0.15) is 19.3 Å². The summed E-state index contributed by atoms with van der Waals surface area (Å²) in [6.45, 7) is 4.39. The van der Waals surface area contributed by atoms with Crippen LogP contribution >= 0.6 is 15.6 Å². The summed E-state index contributed by atoms with van der Waals surface area (Å²) in [4.78, 5) is 73.0. The van der Waals surface area contributed by atoms with Crippen molar-refractivity contribution >= 4 is 39.5 Å². The van der Waals surface area contributed by atoms with Crippen LogP contribution in [0, 0.1) is 0 Å². The molecule has 3 N–H and O–H groups in total. The minimum atomic E-state index is -5.00. The lowest BCUT2D eigenvalue weighted by Crippen LogP contribution is -2.30. The average molecular weight is 1500 g/mol. The van der Waals surface area contributed by atoms with Crippen LogP contribution in [-0.2, 0) is 65.4 Å². The van der Waals surface area contributed by atoms with Crippen molar-refractivity contribution in [1.29, 1.82) is 0 Å². The summed E-state index contributed by atoms with van der Waals surface area (Å²) in [5.74, 6) is -2.32. The third-order valence-electron chi connectivity index (χ3n) is 16.0. The summed E-state index contributed by atoms with van der Waals surface area (Å²) >= 11 is 0. The van der Waals surface area contributed by atoms with Gasteiger partial charge in [0.2, 0.25) is 0 Å². The van der Waals surface area contributed by atoms with Crippen molar-refractivity contribution in [2.45, 2.75) is 316 Å². The second-order valence-electron chi connectivity index (χ2n) is 25.9. The first-order valence-corrected chi connectivity index (χ1v) is 42.7. The van der Waals surface area contributed by atoms with E-state index in [2.05, 4.69) is 174 Å². The number of allylic oxidation sites excluding steroid dienone is 26. The number of carbonyl (C=O) groups is 4. The van der Waals surface area contributed by atoms with Gasteiger partial charge in [-0.1, -0.05) is 288 Å². The summed E-state index contributed by atoms with van der Waals surface area (Å²) in [5, 5.41) is 10.6. The zero-order valence-corrected chi connectivity index (χ0v) is 66.4. The fourth-order valence-electron chi connectivity index (χ4n) is 10.1. The van der Waals surface area contributed by atoms with Crippen LogP contribution in [0.15, 0.2) is 158 Å². The van der Waals surface area contributed by atoms with Crippen molar-refractivity contribution in [1.82, 2.24) is 0 Å². The first-order chi connectivity index (χ1) is 50.7. The van der Waals surface area contributed by atoms with Crippen LogP contribution in [-0.4, -0.2) is 96.7 Å². The van der Waals surface area contributed by atoms with E-state index in [0.29, 0.717) is 38.5 Å². The van der Waals surface area contributed by atoms with Gasteiger partial charge in [0.05, 0.1) is 26.4 Å². The molecule has 5 atom stereocenters. The Morgan fingerprint density at radius 3 is 0.827 bits per heavy atom. The van der Waals surface area contributed by atoms with E-state index in [-0.39, 0.29) is 25.7 Å². The molecular weight excluding hydrogens is 1350 g/mol. The maximum Gasteiger partial charge on any atom is 0.472 e. The molecule has 0 aromatic heterocycles. The van der Waals surface area contributed by atoms with Gasteiger partial charge in [0.15, 0.2) is 12.2 Å². The Morgan fingerprint density at radius 1 is 0.279 bits per heavy atom. The molecule has 0 saturated heterocycles. The summed E-state index contributed by atoms with van der Waals surface area (Å²) in [5.41, 5.74) is 0. The van der Waals surface area contributed by atoms with Crippen LogP contribution in [0.4, 0.5) is 0 Å². The van der Waals surface area contributed by atoms with Gasteiger partial charge in [0.25, 0.3) is 0 Å². The van der Waals surface area contributed by atoms with E-state index in [9.17, 15) is 43.2 Å². The van der Waals surface area contributed by atoms with Gasteiger partial charge in [-0.3, -0.25) is 37.3 Å². The lowest BCUT2D eigenvalue weighted by Gasteiger charge is -2.21. The molecule has 0 rings (SSSR count). The number of ether oxygens (including phenoxy) is 4. The van der Waals surface area contributed by atoms with Gasteiger partial charge in [-0.15, -0.1) is 0 Å². The predicted octanol–water partition coefficient (Wildman–Crippen LogP) is 23.2. The highest BCUT2D eigenvalue weighted by Gasteiger charge is 2.30. The number of phosphoric ester groups is 2. The smallest absolute Gasteiger partial charge is 0.462 e. The Kier molecular flexibility index (Phi) is 72.0. The summed E-state index contributed by atoms with van der Waals surface area (Å²) in [6.07, 6.45) is 88.1. The molecule has 0 amide bonds. The molecule has 0 aromatic carbocycles. The molecule has 592 valence electrons. The Hall–Kier alpha value is -5.32. The first-order valence-electron chi connectivity index (χ1n) is 39.7. The number of carbonyl (C=O) groups excluding carboxylic acids is 4. The van der Waals surface area contributed by atoms with E-state index in [0.717, 1.165) is 141 Å². The number of hydrogen-bond acceptors (Lipinski definition) is 15.